The number of hydrogen-bond donors (Lipinski definition) is 0. The molecule has 3 aromatic rings. The molecule has 2 saturated heterocycles. The van der Waals surface area contributed by atoms with Crippen LogP contribution in [0.4, 0.5) is 11.4 Å². The summed E-state index contributed by atoms with van der Waals surface area (Å²) in [5.41, 5.74) is 9.36. The van der Waals surface area contributed by atoms with Crippen LogP contribution in [0.3, 0.4) is 0 Å². The lowest BCUT2D eigenvalue weighted by Gasteiger charge is -2.13. The summed E-state index contributed by atoms with van der Waals surface area (Å²) in [6.45, 7) is 8.56. The minimum Gasteiger partial charge on any atom is -0.278 e. The molecule has 5 rings (SSSR count). The summed E-state index contributed by atoms with van der Waals surface area (Å²) >= 11 is 0. The molecule has 0 N–H and O–H groups in total. The van der Waals surface area contributed by atoms with Crippen LogP contribution in [-0.4, -0.2) is 36.2 Å². The SMILES string of the molecule is CCCCCCCCc1ccc(N=NN2CCCC2)c(-c2ccc(-c3cc(CCCCCCCC)ccc3N=NN3CCCC3)cc2)c1. The second-order valence-electron chi connectivity index (χ2n) is 14.0. The first-order chi connectivity index (χ1) is 23.7. The van der Waals surface area contributed by atoms with E-state index in [4.69, 9.17) is 10.2 Å². The third-order valence-corrected chi connectivity index (χ3v) is 9.99. The van der Waals surface area contributed by atoms with Crippen molar-refractivity contribution in [2.24, 2.45) is 20.7 Å². The maximum absolute atomic E-state index is 4.77. The van der Waals surface area contributed by atoms with Gasteiger partial charge in [-0.2, -0.15) is 0 Å². The summed E-state index contributed by atoms with van der Waals surface area (Å²) in [6, 6.07) is 22.6. The maximum atomic E-state index is 4.77. The van der Waals surface area contributed by atoms with Gasteiger partial charge in [0, 0.05) is 37.3 Å². The van der Waals surface area contributed by atoms with Gasteiger partial charge in [0.1, 0.15) is 0 Å². The summed E-state index contributed by atoms with van der Waals surface area (Å²) in [4.78, 5) is 0. The lowest BCUT2D eigenvalue weighted by molar-refractivity contribution is 0.337. The monoisotopic (exact) mass is 648 g/mol. The third kappa shape index (κ3) is 11.3. The molecule has 0 bridgehead atoms. The molecule has 0 spiro atoms. The minimum atomic E-state index is 0.947. The summed E-state index contributed by atoms with van der Waals surface area (Å²) in [7, 11) is 0. The molecule has 0 saturated carbocycles. The van der Waals surface area contributed by atoms with Gasteiger partial charge in [0.2, 0.25) is 0 Å². The molecule has 6 nitrogen and oxygen atoms in total. The number of benzene rings is 3. The van der Waals surface area contributed by atoms with Gasteiger partial charge in [0.05, 0.1) is 11.4 Å². The van der Waals surface area contributed by atoms with E-state index < -0.39 is 0 Å². The predicted octanol–water partition coefficient (Wildman–Crippen LogP) is 13.0. The fourth-order valence-corrected chi connectivity index (χ4v) is 6.97. The standard InChI is InChI=1S/C42H60N6/c1-3-5-7-9-11-13-19-35-21-27-41(43-45-47-29-15-16-30-47)39(33-35)37-23-25-38(26-24-37)40-34-36(20-14-12-10-8-6-4-2)22-28-42(40)44-46-48-31-17-18-32-48/h21-28,33-34H,3-20,29-32H2,1-2H3. The predicted molar refractivity (Wildman–Crippen MR) is 202 cm³/mol. The van der Waals surface area contributed by atoms with E-state index >= 15 is 0 Å². The molecule has 0 aliphatic carbocycles. The molecule has 0 unspecified atom stereocenters. The highest BCUT2D eigenvalue weighted by Gasteiger charge is 2.14. The molecular weight excluding hydrogens is 589 g/mol. The Kier molecular flexibility index (Phi) is 15.0. The molecule has 3 aromatic carbocycles. The van der Waals surface area contributed by atoms with Crippen molar-refractivity contribution in [1.29, 1.82) is 0 Å². The van der Waals surface area contributed by atoms with Crippen LogP contribution in [0.1, 0.15) is 128 Å². The molecule has 6 heteroatoms. The van der Waals surface area contributed by atoms with E-state index in [0.717, 1.165) is 50.4 Å². The summed E-state index contributed by atoms with van der Waals surface area (Å²) < 4.78 is 0. The second-order valence-corrected chi connectivity index (χ2v) is 14.0. The Morgan fingerprint density at radius 3 is 1.23 bits per heavy atom. The van der Waals surface area contributed by atoms with Crippen LogP contribution in [0.25, 0.3) is 22.3 Å². The second kappa shape index (κ2) is 20.1. The summed E-state index contributed by atoms with van der Waals surface area (Å²) in [6.07, 6.45) is 22.8. The van der Waals surface area contributed by atoms with Crippen LogP contribution >= 0.6 is 0 Å². The topological polar surface area (TPSA) is 55.9 Å². The quantitative estimate of drug-likeness (QED) is 0.0904. The average molecular weight is 649 g/mol. The van der Waals surface area contributed by atoms with Crippen LogP contribution in [0, 0.1) is 0 Å². The molecule has 48 heavy (non-hydrogen) atoms. The Balaban J connectivity index is 1.37. The van der Waals surface area contributed by atoms with Crippen molar-refractivity contribution in [3.8, 4) is 22.3 Å². The van der Waals surface area contributed by atoms with Crippen LogP contribution in [0.15, 0.2) is 81.3 Å². The highest BCUT2D eigenvalue weighted by molar-refractivity contribution is 5.81. The first-order valence-corrected chi connectivity index (χ1v) is 19.4. The van der Waals surface area contributed by atoms with Gasteiger partial charge >= 0.3 is 0 Å². The largest absolute Gasteiger partial charge is 0.278 e. The van der Waals surface area contributed by atoms with E-state index in [-0.39, 0.29) is 0 Å². The van der Waals surface area contributed by atoms with Gasteiger partial charge in [-0.25, -0.2) is 0 Å². The fourth-order valence-electron chi connectivity index (χ4n) is 6.97. The molecule has 2 aliphatic rings. The van der Waals surface area contributed by atoms with Crippen molar-refractivity contribution < 1.29 is 0 Å². The van der Waals surface area contributed by atoms with Crippen molar-refractivity contribution in [3.05, 3.63) is 71.8 Å². The molecule has 258 valence electrons. The molecule has 2 heterocycles. The van der Waals surface area contributed by atoms with Gasteiger partial charge in [0.15, 0.2) is 0 Å². The Labute approximate surface area is 291 Å². The van der Waals surface area contributed by atoms with Crippen molar-refractivity contribution in [1.82, 2.24) is 10.0 Å². The Hall–Kier alpha value is -3.54. The van der Waals surface area contributed by atoms with Crippen LogP contribution in [0.2, 0.25) is 0 Å². The first kappa shape index (κ1) is 35.8. The number of aryl methyl sites for hydroxylation is 2. The number of nitrogens with zero attached hydrogens (tertiary/aromatic N) is 6. The summed E-state index contributed by atoms with van der Waals surface area (Å²) in [5.74, 6) is 0. The van der Waals surface area contributed by atoms with E-state index in [0.29, 0.717) is 0 Å². The zero-order chi connectivity index (χ0) is 33.2. The average Bonchev–Trinajstić information content (AvgIpc) is 3.85. The first-order valence-electron chi connectivity index (χ1n) is 19.4. The van der Waals surface area contributed by atoms with Crippen LogP contribution in [0.5, 0.6) is 0 Å². The van der Waals surface area contributed by atoms with Gasteiger partial charge in [-0.15, -0.1) is 10.2 Å². The van der Waals surface area contributed by atoms with E-state index in [1.54, 1.807) is 0 Å². The van der Waals surface area contributed by atoms with Crippen LogP contribution < -0.4 is 0 Å². The van der Waals surface area contributed by atoms with Gasteiger partial charge < -0.3 is 0 Å². The van der Waals surface area contributed by atoms with Crippen molar-refractivity contribution >= 4 is 11.4 Å². The Morgan fingerprint density at radius 2 is 0.833 bits per heavy atom. The molecule has 0 amide bonds. The lowest BCUT2D eigenvalue weighted by atomic mass is 9.94. The smallest absolute Gasteiger partial charge is 0.0952 e. The fraction of sp³-hybridized carbons (Fsp3) is 0.571. The third-order valence-electron chi connectivity index (χ3n) is 9.99. The Morgan fingerprint density at radius 1 is 0.458 bits per heavy atom. The summed E-state index contributed by atoms with van der Waals surface area (Å²) in [5, 5.41) is 23.0. The highest BCUT2D eigenvalue weighted by Crippen LogP contribution is 2.37. The molecule has 0 aromatic heterocycles. The van der Waals surface area contributed by atoms with Crippen molar-refractivity contribution in [2.45, 2.75) is 129 Å². The molecule has 2 fully saturated rings. The van der Waals surface area contributed by atoms with Gasteiger partial charge in [0.25, 0.3) is 0 Å². The number of hydrogen-bond acceptors (Lipinski definition) is 4. The van der Waals surface area contributed by atoms with Crippen LogP contribution in [-0.2, 0) is 12.8 Å². The highest BCUT2D eigenvalue weighted by atomic mass is 15.5. The number of unbranched alkanes of at least 4 members (excludes halogenated alkanes) is 10. The zero-order valence-corrected chi connectivity index (χ0v) is 30.0. The van der Waals surface area contributed by atoms with E-state index in [9.17, 15) is 0 Å². The van der Waals surface area contributed by atoms with E-state index in [1.807, 2.05) is 0 Å². The Bertz CT molecular complexity index is 1310. The zero-order valence-electron chi connectivity index (χ0n) is 30.0. The number of rotatable bonds is 20. The normalized spacial score (nSPS) is 15.1. The molecule has 0 atom stereocenters. The van der Waals surface area contributed by atoms with Crippen molar-refractivity contribution in [2.75, 3.05) is 26.2 Å². The lowest BCUT2D eigenvalue weighted by Crippen LogP contribution is -2.09. The van der Waals surface area contributed by atoms with Crippen molar-refractivity contribution in [3.63, 3.8) is 0 Å². The minimum absolute atomic E-state index is 0.947. The molecule has 0 radical (unpaired) electrons. The van der Waals surface area contributed by atoms with Gasteiger partial charge in [-0.1, -0.05) is 125 Å². The maximum Gasteiger partial charge on any atom is 0.0952 e. The van der Waals surface area contributed by atoms with Gasteiger partial charge in [-0.05, 0) is 97.9 Å². The van der Waals surface area contributed by atoms with E-state index in [1.165, 1.54) is 136 Å². The van der Waals surface area contributed by atoms with E-state index in [2.05, 4.69) is 95.0 Å². The molecular formula is C42H60N6. The van der Waals surface area contributed by atoms with Gasteiger partial charge in [-0.3, -0.25) is 10.0 Å². The molecule has 2 aliphatic heterocycles.